The maximum Gasteiger partial charge on any atom is 0.166 e. The van der Waals surface area contributed by atoms with E-state index in [0.717, 1.165) is 12.1 Å². The second kappa shape index (κ2) is 8.36. The largest absolute Gasteiger partial charge is 0.493 e. The van der Waals surface area contributed by atoms with Crippen LogP contribution < -0.4 is 9.47 Å². The van der Waals surface area contributed by atoms with Gasteiger partial charge in [-0.05, 0) is 67.7 Å². The lowest BCUT2D eigenvalue weighted by atomic mass is 9.85. The molecule has 0 spiro atoms. The van der Waals surface area contributed by atoms with E-state index in [1.165, 1.54) is 18.2 Å². The molecule has 0 bridgehead atoms. The number of Topliss-reactive ketones (excluding diaryl/α,β-unsaturated/α-hetero) is 1. The number of ketones is 1. The van der Waals surface area contributed by atoms with Crippen LogP contribution in [0.25, 0.3) is 0 Å². The van der Waals surface area contributed by atoms with Crippen molar-refractivity contribution in [2.75, 3.05) is 27.1 Å². The topological polar surface area (TPSA) is 38.8 Å². The number of piperidine rings is 1. The van der Waals surface area contributed by atoms with Gasteiger partial charge in [0.15, 0.2) is 17.3 Å². The van der Waals surface area contributed by atoms with Crippen molar-refractivity contribution < 1.29 is 41.7 Å². The first kappa shape index (κ1) is 6.60. The molecule has 1 aliphatic heterocycles. The first-order valence-electron chi connectivity index (χ1n) is 18.3. The summed E-state index contributed by atoms with van der Waals surface area (Å²) < 4.78 is 176. The molecule has 0 amide bonds. The zero-order valence-electron chi connectivity index (χ0n) is 34.5. The normalized spacial score (nSPS) is 43.1. The predicted octanol–water partition coefficient (Wildman–Crippen LogP) is 4.36. The third-order valence-corrected chi connectivity index (χ3v) is 4.20. The maximum absolute atomic E-state index is 13.9. The first-order valence-corrected chi connectivity index (χ1v) is 8.27. The Kier molecular flexibility index (Phi) is 1.97. The van der Waals surface area contributed by atoms with E-state index >= 15 is 0 Å². The Balaban J connectivity index is 1.90. The van der Waals surface area contributed by atoms with Crippen LogP contribution in [0.4, 0.5) is 0 Å². The molecule has 4 nitrogen and oxygen atoms in total. The number of hydrogen-bond acceptors (Lipinski definition) is 4. The second-order valence-corrected chi connectivity index (χ2v) is 6.02. The van der Waals surface area contributed by atoms with Gasteiger partial charge in [-0.1, -0.05) is 30.3 Å². The summed E-state index contributed by atoms with van der Waals surface area (Å²) in [6.45, 7) is -10.9. The Bertz CT molecular complexity index is 1590. The Labute approximate surface area is 195 Å². The van der Waals surface area contributed by atoms with Gasteiger partial charge in [-0.25, -0.2) is 0 Å². The van der Waals surface area contributed by atoms with Crippen LogP contribution in [0.2, 0.25) is 0 Å². The fraction of sp³-hybridized carbons (Fsp3) is 0.458. The SMILES string of the molecule is [2H]c1c2c(c([2H])c(OC([2H])([2H])[2H])c1OC([2H])([2H])[2H])C(=O)C([2H])(CC1([2H])C([2H])([2H])C([2H])([2H])N(C([2H])([2H])c3ccccc3)C([2H])([2H])C1([2H])[2H])C2. The molecule has 148 valence electrons. The van der Waals surface area contributed by atoms with E-state index in [2.05, 4.69) is 0 Å². The number of rotatable bonds is 6. The summed E-state index contributed by atoms with van der Waals surface area (Å²) in [5, 5.41) is 0. The number of carbonyl (C=O) groups excluding carboxylic acids is 1. The summed E-state index contributed by atoms with van der Waals surface area (Å²) in [4.78, 5) is 13.6. The molecule has 28 heavy (non-hydrogen) atoms. The molecule has 1 saturated heterocycles. The van der Waals surface area contributed by atoms with Gasteiger partial charge < -0.3 is 9.47 Å². The Hall–Kier alpha value is -2.33. The predicted molar refractivity (Wildman–Crippen MR) is 110 cm³/mol. The fourth-order valence-corrected chi connectivity index (χ4v) is 2.89. The quantitative estimate of drug-likeness (QED) is 0.723. The molecule has 0 aromatic heterocycles. The highest BCUT2D eigenvalue weighted by atomic mass is 16.5. The Morgan fingerprint density at radius 1 is 1.21 bits per heavy atom. The van der Waals surface area contributed by atoms with Crippen molar-refractivity contribution in [3.8, 4) is 11.5 Å². The van der Waals surface area contributed by atoms with Crippen molar-refractivity contribution in [2.24, 2.45) is 11.8 Å². The van der Waals surface area contributed by atoms with Gasteiger partial charge in [0.1, 0.15) is 0 Å². The number of nitrogens with zero attached hydrogens (tertiary/aromatic N) is 1. The van der Waals surface area contributed by atoms with Crippen molar-refractivity contribution in [1.82, 2.24) is 4.90 Å². The number of methoxy groups -OCH3 is 2. The number of likely N-dealkylation sites (tertiary alicyclic amines) is 1. The average Bonchev–Trinajstić information content (AvgIpc) is 3.17. The van der Waals surface area contributed by atoms with Gasteiger partial charge in [0.25, 0.3) is 0 Å². The molecule has 1 heterocycles. The Morgan fingerprint density at radius 3 is 2.64 bits per heavy atom. The summed E-state index contributed by atoms with van der Waals surface area (Å²) in [7, 11) is -6.70. The number of fused-ring (bicyclic) bond motifs is 1. The molecular weight excluding hydrogens is 350 g/mol. The third-order valence-electron chi connectivity index (χ3n) is 4.20. The van der Waals surface area contributed by atoms with Gasteiger partial charge in [0.05, 0.1) is 25.0 Å². The van der Waals surface area contributed by atoms with Gasteiger partial charge >= 0.3 is 0 Å². The van der Waals surface area contributed by atoms with Crippen LogP contribution in [0.5, 0.6) is 11.5 Å². The molecule has 0 N–H and O–H groups in total. The highest BCUT2D eigenvalue weighted by Crippen LogP contribution is 2.39. The average molecular weight is 400 g/mol. The van der Waals surface area contributed by atoms with E-state index in [-0.39, 0.29) is 10.5 Å². The van der Waals surface area contributed by atoms with Crippen LogP contribution in [0.1, 0.15) is 68.1 Å². The van der Waals surface area contributed by atoms with Crippen LogP contribution in [0, 0.1) is 11.8 Å². The lowest BCUT2D eigenvalue weighted by Crippen LogP contribution is -2.34. The molecule has 2 aliphatic rings. The highest BCUT2D eigenvalue weighted by molar-refractivity contribution is 6.02. The van der Waals surface area contributed by atoms with Gasteiger partial charge in [-0.3, -0.25) is 9.69 Å². The molecule has 1 aliphatic carbocycles. The zero-order chi connectivity index (χ0) is 37.1. The number of ether oxygens (including phenoxy) is 2. The molecule has 4 heteroatoms. The van der Waals surface area contributed by atoms with Crippen LogP contribution in [0.15, 0.2) is 42.4 Å². The van der Waals surface area contributed by atoms with E-state index in [0.29, 0.717) is 0 Å². The minimum absolute atomic E-state index is 0.294. The van der Waals surface area contributed by atoms with E-state index in [9.17, 15) is 4.79 Å². The lowest BCUT2D eigenvalue weighted by molar-refractivity contribution is 0.0895. The van der Waals surface area contributed by atoms with Crippen molar-refractivity contribution in [1.29, 1.82) is 0 Å². The number of benzene rings is 2. The van der Waals surface area contributed by atoms with Gasteiger partial charge in [0.2, 0.25) is 0 Å². The van der Waals surface area contributed by atoms with Crippen LogP contribution in [-0.2, 0) is 12.9 Å². The summed E-state index contributed by atoms with van der Waals surface area (Å²) in [6.07, 6.45) is -10.5. The second-order valence-electron chi connectivity index (χ2n) is 6.02. The first-order chi connectivity index (χ1) is 21.3. The van der Waals surface area contributed by atoms with Crippen molar-refractivity contribution >= 4 is 5.78 Å². The number of hydrogen-bond donors (Lipinski definition) is 0. The van der Waals surface area contributed by atoms with E-state index in [4.69, 9.17) is 36.9 Å². The van der Waals surface area contributed by atoms with Crippen molar-refractivity contribution in [3.63, 3.8) is 0 Å². The smallest absolute Gasteiger partial charge is 0.166 e. The molecule has 0 saturated carbocycles. The fourth-order valence-electron chi connectivity index (χ4n) is 2.89. The molecule has 1 unspecified atom stereocenters. The molecule has 0 radical (unpaired) electrons. The molecule has 1 atom stereocenters. The monoisotopic (exact) mass is 399 g/mol. The summed E-state index contributed by atoms with van der Waals surface area (Å²) in [6, 6.07) is 4.25. The molecule has 2 aromatic carbocycles. The summed E-state index contributed by atoms with van der Waals surface area (Å²) in [5.41, 5.74) is -1.84. The third kappa shape index (κ3) is 3.93. The standard InChI is InChI=1S/C24H29NO3/c1-27-22-14-19-13-20(24(26)21(19)15-23(22)28-2)12-17-8-10-25(11-9-17)16-18-6-4-3-5-7-18/h3-7,14-15,17,20H,8-13,16H2,1-2H3/i1D3,2D3,8D2,9D2,10D2,11D2,14D,15D,16D2,17D,20D. The maximum atomic E-state index is 13.9. The van der Waals surface area contributed by atoms with Crippen molar-refractivity contribution in [3.05, 3.63) is 59.1 Å². The van der Waals surface area contributed by atoms with Gasteiger partial charge in [-0.2, -0.15) is 0 Å². The minimum atomic E-state index is -3.90. The Morgan fingerprint density at radius 2 is 1.93 bits per heavy atom. The van der Waals surface area contributed by atoms with E-state index in [1.54, 1.807) is 0 Å². The van der Waals surface area contributed by atoms with Gasteiger partial charge in [-0.15, -0.1) is 0 Å². The molecule has 2 aromatic rings. The highest BCUT2D eigenvalue weighted by Gasteiger charge is 2.34. The molecule has 1 fully saturated rings. The van der Waals surface area contributed by atoms with Crippen LogP contribution >= 0.6 is 0 Å². The number of carbonyl (C=O) groups is 1. The zero-order valence-corrected chi connectivity index (χ0v) is 14.5. The van der Waals surface area contributed by atoms with Crippen molar-refractivity contribution in [2.45, 2.75) is 32.1 Å². The molecular formula is C24H29NO3. The van der Waals surface area contributed by atoms with Crippen LogP contribution in [-0.4, -0.2) is 37.8 Å². The van der Waals surface area contributed by atoms with Gasteiger partial charge in [0, 0.05) is 34.4 Å². The van der Waals surface area contributed by atoms with Crippen LogP contribution in [0.3, 0.4) is 0 Å². The van der Waals surface area contributed by atoms with E-state index < -0.39 is 111 Å². The molecule has 4 rings (SSSR count). The lowest BCUT2D eigenvalue weighted by Gasteiger charge is -2.32. The summed E-state index contributed by atoms with van der Waals surface area (Å²) >= 11 is 0. The summed E-state index contributed by atoms with van der Waals surface area (Å²) in [5.74, 6) is -10.4. The van der Waals surface area contributed by atoms with E-state index in [1.807, 2.05) is 0 Å². The minimum Gasteiger partial charge on any atom is -0.493 e.